The highest BCUT2D eigenvalue weighted by molar-refractivity contribution is 7.99. The molecule has 29 heavy (non-hydrogen) atoms. The summed E-state index contributed by atoms with van der Waals surface area (Å²) in [7, 11) is 0. The van der Waals surface area contributed by atoms with Crippen molar-refractivity contribution in [2.75, 3.05) is 11.5 Å². The number of hydrogen-bond donors (Lipinski definition) is 2. The molecule has 1 amide bonds. The van der Waals surface area contributed by atoms with Crippen molar-refractivity contribution in [3.63, 3.8) is 0 Å². The molecule has 1 aromatic carbocycles. The van der Waals surface area contributed by atoms with Crippen LogP contribution in [0.25, 0.3) is 0 Å². The number of thioether (sulfide) groups is 1. The zero-order chi connectivity index (χ0) is 21.7. The molecule has 0 aliphatic heterocycles. The first kappa shape index (κ1) is 24.1. The number of phenolic OH excluding ortho intramolecular Hbond substituents is 1. The molecule has 1 aliphatic carbocycles. The Bertz CT molecular complexity index is 644. The van der Waals surface area contributed by atoms with Crippen molar-refractivity contribution in [1.29, 1.82) is 0 Å². The average Bonchev–Trinajstić information content (AvgIpc) is 2.61. The molecule has 0 atom stereocenters. The van der Waals surface area contributed by atoms with Gasteiger partial charge in [-0.15, -0.1) is 0 Å². The van der Waals surface area contributed by atoms with Gasteiger partial charge in [0.2, 0.25) is 5.91 Å². The second-order valence-corrected chi connectivity index (χ2v) is 11.7. The van der Waals surface area contributed by atoms with E-state index in [1.54, 1.807) is 11.8 Å². The van der Waals surface area contributed by atoms with Crippen LogP contribution in [0.3, 0.4) is 0 Å². The molecule has 3 nitrogen and oxygen atoms in total. The van der Waals surface area contributed by atoms with Gasteiger partial charge in [0.25, 0.3) is 0 Å². The SMILES string of the molecule is CC(C)(C)c1cc(CCCSCC(=O)NC2CCCCC2)cc(C(C)(C)C)c1O. The molecular formula is C25H41NO2S. The number of aromatic hydroxyl groups is 1. The molecule has 1 aromatic rings. The van der Waals surface area contributed by atoms with Gasteiger partial charge in [-0.1, -0.05) is 72.9 Å². The van der Waals surface area contributed by atoms with Crippen LogP contribution in [0.4, 0.5) is 0 Å². The lowest BCUT2D eigenvalue weighted by molar-refractivity contribution is -0.119. The van der Waals surface area contributed by atoms with Crippen LogP contribution in [0, 0.1) is 0 Å². The van der Waals surface area contributed by atoms with Crippen molar-refractivity contribution in [2.45, 2.75) is 103 Å². The third kappa shape index (κ3) is 7.55. The van der Waals surface area contributed by atoms with Gasteiger partial charge < -0.3 is 10.4 Å². The normalized spacial score (nSPS) is 16.1. The van der Waals surface area contributed by atoms with E-state index in [1.807, 2.05) is 0 Å². The van der Waals surface area contributed by atoms with Crippen LogP contribution in [0.1, 0.15) is 96.8 Å². The molecule has 4 heteroatoms. The molecule has 0 bridgehead atoms. The number of benzene rings is 1. The Morgan fingerprint density at radius 1 is 1.03 bits per heavy atom. The van der Waals surface area contributed by atoms with Gasteiger partial charge in [-0.3, -0.25) is 4.79 Å². The maximum atomic E-state index is 12.1. The Hall–Kier alpha value is -1.16. The van der Waals surface area contributed by atoms with Gasteiger partial charge in [-0.2, -0.15) is 11.8 Å². The molecule has 1 saturated carbocycles. The number of phenols is 1. The summed E-state index contributed by atoms with van der Waals surface area (Å²) in [6.45, 7) is 12.9. The van der Waals surface area contributed by atoms with E-state index in [9.17, 15) is 9.90 Å². The fourth-order valence-corrected chi connectivity index (χ4v) is 4.80. The minimum Gasteiger partial charge on any atom is -0.507 e. The molecular weight excluding hydrogens is 378 g/mol. The molecule has 1 aliphatic rings. The molecule has 2 N–H and O–H groups in total. The first-order chi connectivity index (χ1) is 13.5. The Balaban J connectivity index is 1.87. The van der Waals surface area contributed by atoms with E-state index in [0.29, 0.717) is 17.5 Å². The standard InChI is InChI=1S/C25H41NO2S/c1-24(2,3)20-15-18(16-21(23(20)28)25(4,5)6)11-10-14-29-17-22(27)26-19-12-8-7-9-13-19/h15-16,19,28H,7-14,17H2,1-6H3,(H,26,27). The minimum atomic E-state index is -0.0912. The lowest BCUT2D eigenvalue weighted by Gasteiger charge is -2.28. The molecule has 0 aromatic heterocycles. The van der Waals surface area contributed by atoms with Crippen LogP contribution in [0.2, 0.25) is 0 Å². The molecule has 0 saturated heterocycles. The lowest BCUT2D eigenvalue weighted by atomic mass is 9.78. The van der Waals surface area contributed by atoms with Crippen LogP contribution in [-0.4, -0.2) is 28.6 Å². The maximum absolute atomic E-state index is 12.1. The Labute approximate surface area is 182 Å². The van der Waals surface area contributed by atoms with E-state index in [-0.39, 0.29) is 16.7 Å². The number of hydrogen-bond acceptors (Lipinski definition) is 3. The van der Waals surface area contributed by atoms with Crippen LogP contribution in [-0.2, 0) is 22.0 Å². The minimum absolute atomic E-state index is 0.0912. The first-order valence-electron chi connectivity index (χ1n) is 11.2. The Kier molecular flexibility index (Phi) is 8.51. The summed E-state index contributed by atoms with van der Waals surface area (Å²) in [5.74, 6) is 2.18. The number of carbonyl (C=O) groups excluding carboxylic acids is 1. The van der Waals surface area contributed by atoms with Gasteiger partial charge in [-0.25, -0.2) is 0 Å². The van der Waals surface area contributed by atoms with E-state index in [2.05, 4.69) is 59.0 Å². The highest BCUT2D eigenvalue weighted by Gasteiger charge is 2.26. The topological polar surface area (TPSA) is 49.3 Å². The maximum Gasteiger partial charge on any atom is 0.230 e. The van der Waals surface area contributed by atoms with Crippen LogP contribution < -0.4 is 5.32 Å². The highest BCUT2D eigenvalue weighted by Crippen LogP contribution is 2.40. The number of amides is 1. The van der Waals surface area contributed by atoms with E-state index in [1.165, 1.54) is 24.8 Å². The van der Waals surface area contributed by atoms with E-state index in [4.69, 9.17) is 0 Å². The zero-order valence-electron chi connectivity index (χ0n) is 19.4. The monoisotopic (exact) mass is 419 g/mol. The average molecular weight is 420 g/mol. The van der Waals surface area contributed by atoms with Crippen LogP contribution in [0.5, 0.6) is 5.75 Å². The molecule has 0 heterocycles. The summed E-state index contributed by atoms with van der Waals surface area (Å²) < 4.78 is 0. The molecule has 164 valence electrons. The summed E-state index contributed by atoms with van der Waals surface area (Å²) in [5.41, 5.74) is 3.15. The molecule has 0 radical (unpaired) electrons. The molecule has 0 unspecified atom stereocenters. The molecule has 1 fully saturated rings. The van der Waals surface area contributed by atoms with Crippen molar-refractivity contribution in [3.05, 3.63) is 28.8 Å². The number of nitrogens with one attached hydrogen (secondary N) is 1. The zero-order valence-corrected chi connectivity index (χ0v) is 20.2. The summed E-state index contributed by atoms with van der Waals surface area (Å²) >= 11 is 1.73. The third-order valence-corrected chi connectivity index (χ3v) is 6.79. The van der Waals surface area contributed by atoms with Gasteiger partial charge in [0.05, 0.1) is 5.75 Å². The highest BCUT2D eigenvalue weighted by atomic mass is 32.2. The second kappa shape index (κ2) is 10.2. The van der Waals surface area contributed by atoms with Gasteiger partial charge in [0.1, 0.15) is 5.75 Å². The largest absolute Gasteiger partial charge is 0.507 e. The van der Waals surface area contributed by atoms with Gasteiger partial charge in [-0.05, 0) is 59.0 Å². The second-order valence-electron chi connectivity index (χ2n) is 10.6. The molecule has 0 spiro atoms. The predicted octanol–water partition coefficient (Wildman–Crippen LogP) is 6.10. The summed E-state index contributed by atoms with van der Waals surface area (Å²) in [4.78, 5) is 12.1. The van der Waals surface area contributed by atoms with Crippen molar-refractivity contribution in [3.8, 4) is 5.75 Å². The van der Waals surface area contributed by atoms with Crippen LogP contribution >= 0.6 is 11.8 Å². The number of rotatable bonds is 7. The molecule has 2 rings (SSSR count). The van der Waals surface area contributed by atoms with E-state index in [0.717, 1.165) is 42.6 Å². The summed E-state index contributed by atoms with van der Waals surface area (Å²) in [6, 6.07) is 4.75. The lowest BCUT2D eigenvalue weighted by Crippen LogP contribution is -2.37. The predicted molar refractivity (Wildman–Crippen MR) is 126 cm³/mol. The summed E-state index contributed by atoms with van der Waals surface area (Å²) in [5, 5.41) is 14.0. The van der Waals surface area contributed by atoms with E-state index >= 15 is 0 Å². The third-order valence-electron chi connectivity index (χ3n) is 5.74. The summed E-state index contributed by atoms with van der Waals surface area (Å²) in [6.07, 6.45) is 8.11. The quantitative estimate of drug-likeness (QED) is 0.525. The Morgan fingerprint density at radius 3 is 2.10 bits per heavy atom. The van der Waals surface area contributed by atoms with Gasteiger partial charge in [0.15, 0.2) is 0 Å². The van der Waals surface area contributed by atoms with Crippen molar-refractivity contribution < 1.29 is 9.90 Å². The fourth-order valence-electron chi connectivity index (χ4n) is 4.04. The van der Waals surface area contributed by atoms with Crippen molar-refractivity contribution in [1.82, 2.24) is 5.32 Å². The van der Waals surface area contributed by atoms with Crippen LogP contribution in [0.15, 0.2) is 12.1 Å². The smallest absolute Gasteiger partial charge is 0.230 e. The van der Waals surface area contributed by atoms with E-state index < -0.39 is 0 Å². The van der Waals surface area contributed by atoms with Gasteiger partial charge >= 0.3 is 0 Å². The van der Waals surface area contributed by atoms with Gasteiger partial charge in [0, 0.05) is 6.04 Å². The first-order valence-corrected chi connectivity index (χ1v) is 12.4. The Morgan fingerprint density at radius 2 is 1.59 bits per heavy atom. The number of aryl methyl sites for hydroxylation is 1. The number of carbonyl (C=O) groups is 1. The van der Waals surface area contributed by atoms with Crippen molar-refractivity contribution in [2.24, 2.45) is 0 Å². The fraction of sp³-hybridized carbons (Fsp3) is 0.720. The van der Waals surface area contributed by atoms with Crippen molar-refractivity contribution >= 4 is 17.7 Å².